The Labute approximate surface area is 135 Å². The molecule has 122 valence electrons. The van der Waals surface area contributed by atoms with Crippen LogP contribution < -0.4 is 9.47 Å². The summed E-state index contributed by atoms with van der Waals surface area (Å²) < 4.78 is 16.7. The molecular weight excluding hydrogens is 296 g/mol. The van der Waals surface area contributed by atoms with E-state index in [0.717, 1.165) is 17.1 Å². The summed E-state index contributed by atoms with van der Waals surface area (Å²) in [4.78, 5) is 10.4. The summed E-state index contributed by atoms with van der Waals surface area (Å²) >= 11 is 0. The predicted molar refractivity (Wildman–Crippen MR) is 84.3 cm³/mol. The van der Waals surface area contributed by atoms with E-state index < -0.39 is 6.29 Å². The lowest BCUT2D eigenvalue weighted by atomic mass is 10.1. The molecule has 3 rings (SSSR count). The lowest BCUT2D eigenvalue weighted by Gasteiger charge is -2.29. The van der Waals surface area contributed by atoms with Crippen molar-refractivity contribution in [1.29, 1.82) is 0 Å². The zero-order valence-corrected chi connectivity index (χ0v) is 13.2. The molecule has 2 atom stereocenters. The van der Waals surface area contributed by atoms with E-state index in [1.807, 2.05) is 55.5 Å². The van der Waals surface area contributed by atoms with Gasteiger partial charge in [-0.05, 0) is 31.2 Å². The maximum absolute atomic E-state index is 5.88. The lowest BCUT2D eigenvalue weighted by Crippen LogP contribution is -2.34. The van der Waals surface area contributed by atoms with Crippen molar-refractivity contribution >= 4 is 0 Å². The normalized spacial score (nSPS) is 21.0. The standard InChI is InChI=1S/C18H20O5/c1-13-3-5-14(6-4-13)18-22-17(12-21-23-18)11-20-16-9-7-15(19-2)8-10-16/h3-10,17-18H,11-12H2,1-2H3. The van der Waals surface area contributed by atoms with E-state index in [-0.39, 0.29) is 6.10 Å². The zero-order valence-electron chi connectivity index (χ0n) is 13.2. The monoisotopic (exact) mass is 316 g/mol. The molecule has 1 heterocycles. The first kappa shape index (κ1) is 15.8. The number of hydrogen-bond donors (Lipinski definition) is 0. The summed E-state index contributed by atoms with van der Waals surface area (Å²) in [5, 5.41) is 0. The zero-order chi connectivity index (χ0) is 16.1. The van der Waals surface area contributed by atoms with Crippen molar-refractivity contribution in [3.05, 3.63) is 59.7 Å². The van der Waals surface area contributed by atoms with Crippen molar-refractivity contribution < 1.29 is 24.0 Å². The summed E-state index contributed by atoms with van der Waals surface area (Å²) in [6, 6.07) is 15.4. The highest BCUT2D eigenvalue weighted by Gasteiger charge is 2.26. The van der Waals surface area contributed by atoms with Gasteiger partial charge in [0.05, 0.1) is 7.11 Å². The van der Waals surface area contributed by atoms with E-state index >= 15 is 0 Å². The fraction of sp³-hybridized carbons (Fsp3) is 0.333. The molecule has 0 aliphatic carbocycles. The molecule has 23 heavy (non-hydrogen) atoms. The van der Waals surface area contributed by atoms with Crippen LogP contribution in [0.1, 0.15) is 17.4 Å². The molecule has 2 aromatic rings. The average molecular weight is 316 g/mol. The highest BCUT2D eigenvalue weighted by atomic mass is 17.2. The second kappa shape index (κ2) is 7.46. The van der Waals surface area contributed by atoms with Gasteiger partial charge in [-0.25, -0.2) is 4.89 Å². The van der Waals surface area contributed by atoms with Crippen LogP contribution in [0.25, 0.3) is 0 Å². The Bertz CT molecular complexity index is 608. The van der Waals surface area contributed by atoms with Gasteiger partial charge < -0.3 is 14.2 Å². The number of ether oxygens (including phenoxy) is 3. The van der Waals surface area contributed by atoms with Crippen molar-refractivity contribution in [3.63, 3.8) is 0 Å². The molecular formula is C18H20O5. The maximum atomic E-state index is 5.88. The van der Waals surface area contributed by atoms with Crippen molar-refractivity contribution in [3.8, 4) is 11.5 Å². The molecule has 2 aromatic carbocycles. The van der Waals surface area contributed by atoms with Gasteiger partial charge in [-0.15, -0.1) is 0 Å². The molecule has 0 radical (unpaired) electrons. The largest absolute Gasteiger partial charge is 0.497 e. The second-order valence-corrected chi connectivity index (χ2v) is 5.37. The van der Waals surface area contributed by atoms with E-state index in [9.17, 15) is 0 Å². The molecule has 5 nitrogen and oxygen atoms in total. The SMILES string of the molecule is COc1ccc(OCC2COOC(c3ccc(C)cc3)O2)cc1. The molecule has 0 bridgehead atoms. The van der Waals surface area contributed by atoms with E-state index in [4.69, 9.17) is 24.0 Å². The van der Waals surface area contributed by atoms with Gasteiger partial charge in [0.1, 0.15) is 30.8 Å². The minimum atomic E-state index is -0.534. The third kappa shape index (κ3) is 4.22. The average Bonchev–Trinajstić information content (AvgIpc) is 2.61. The third-order valence-corrected chi connectivity index (χ3v) is 3.57. The Hall–Kier alpha value is -2.08. The summed E-state index contributed by atoms with van der Waals surface area (Å²) in [7, 11) is 1.63. The minimum Gasteiger partial charge on any atom is -0.497 e. The summed E-state index contributed by atoms with van der Waals surface area (Å²) in [5.41, 5.74) is 2.11. The van der Waals surface area contributed by atoms with Crippen molar-refractivity contribution in [2.75, 3.05) is 20.3 Å². The van der Waals surface area contributed by atoms with Gasteiger partial charge in [0.25, 0.3) is 0 Å². The fourth-order valence-corrected chi connectivity index (χ4v) is 2.22. The summed E-state index contributed by atoms with van der Waals surface area (Å²) in [6.07, 6.45) is -0.731. The molecule has 0 saturated carbocycles. The molecule has 0 N–H and O–H groups in total. The number of benzene rings is 2. The fourth-order valence-electron chi connectivity index (χ4n) is 2.22. The quantitative estimate of drug-likeness (QED) is 0.791. The molecule has 0 amide bonds. The van der Waals surface area contributed by atoms with Gasteiger partial charge in [-0.3, -0.25) is 0 Å². The lowest BCUT2D eigenvalue weighted by molar-refractivity contribution is -0.438. The van der Waals surface area contributed by atoms with Gasteiger partial charge in [-0.1, -0.05) is 29.8 Å². The first-order chi connectivity index (χ1) is 11.2. The molecule has 1 saturated heterocycles. The first-order valence-electron chi connectivity index (χ1n) is 7.52. The number of methoxy groups -OCH3 is 1. The van der Waals surface area contributed by atoms with Crippen LogP contribution in [0.3, 0.4) is 0 Å². The smallest absolute Gasteiger partial charge is 0.217 e. The Kier molecular flexibility index (Phi) is 5.12. The molecule has 1 aliphatic rings. The molecule has 2 unspecified atom stereocenters. The Balaban J connectivity index is 1.54. The maximum Gasteiger partial charge on any atom is 0.217 e. The summed E-state index contributed by atoms with van der Waals surface area (Å²) in [5.74, 6) is 1.55. The Morgan fingerprint density at radius 1 is 1.00 bits per heavy atom. The van der Waals surface area contributed by atoms with Crippen molar-refractivity contribution in [1.82, 2.24) is 0 Å². The van der Waals surface area contributed by atoms with Gasteiger partial charge in [0, 0.05) is 5.56 Å². The van der Waals surface area contributed by atoms with Gasteiger partial charge in [-0.2, -0.15) is 4.89 Å². The Morgan fingerprint density at radius 3 is 2.39 bits per heavy atom. The topological polar surface area (TPSA) is 46.2 Å². The number of hydrogen-bond acceptors (Lipinski definition) is 5. The second-order valence-electron chi connectivity index (χ2n) is 5.37. The van der Waals surface area contributed by atoms with Gasteiger partial charge >= 0.3 is 0 Å². The number of rotatable bonds is 5. The summed E-state index contributed by atoms with van der Waals surface area (Å²) in [6.45, 7) is 2.75. The van der Waals surface area contributed by atoms with E-state index in [2.05, 4.69) is 0 Å². The molecule has 5 heteroatoms. The van der Waals surface area contributed by atoms with Crippen LogP contribution in [0, 0.1) is 6.92 Å². The highest BCUT2D eigenvalue weighted by molar-refractivity contribution is 5.31. The highest BCUT2D eigenvalue weighted by Crippen LogP contribution is 2.26. The van der Waals surface area contributed by atoms with Crippen molar-refractivity contribution in [2.45, 2.75) is 19.3 Å². The van der Waals surface area contributed by atoms with Crippen LogP contribution >= 0.6 is 0 Å². The van der Waals surface area contributed by atoms with Crippen LogP contribution in [0.15, 0.2) is 48.5 Å². The molecule has 1 aliphatic heterocycles. The Morgan fingerprint density at radius 2 is 1.70 bits per heavy atom. The van der Waals surface area contributed by atoms with Gasteiger partial charge in [0.2, 0.25) is 6.29 Å². The van der Waals surface area contributed by atoms with Gasteiger partial charge in [0.15, 0.2) is 0 Å². The molecule has 0 spiro atoms. The van der Waals surface area contributed by atoms with Crippen LogP contribution in [0.2, 0.25) is 0 Å². The number of aryl methyl sites for hydroxylation is 1. The van der Waals surface area contributed by atoms with Crippen LogP contribution in [0.4, 0.5) is 0 Å². The molecule has 1 fully saturated rings. The predicted octanol–water partition coefficient (Wildman–Crippen LogP) is 3.43. The third-order valence-electron chi connectivity index (χ3n) is 3.57. The first-order valence-corrected chi connectivity index (χ1v) is 7.52. The molecule has 0 aromatic heterocycles. The van der Waals surface area contributed by atoms with E-state index in [1.165, 1.54) is 5.56 Å². The van der Waals surface area contributed by atoms with E-state index in [0.29, 0.717) is 13.2 Å². The van der Waals surface area contributed by atoms with E-state index in [1.54, 1.807) is 7.11 Å². The minimum absolute atomic E-state index is 0.197. The van der Waals surface area contributed by atoms with Crippen molar-refractivity contribution in [2.24, 2.45) is 0 Å². The van der Waals surface area contributed by atoms with Crippen LogP contribution in [-0.2, 0) is 14.5 Å². The van der Waals surface area contributed by atoms with Crippen LogP contribution in [0.5, 0.6) is 11.5 Å². The van der Waals surface area contributed by atoms with Crippen LogP contribution in [-0.4, -0.2) is 26.4 Å².